The Morgan fingerprint density at radius 2 is 1.67 bits per heavy atom. The number of halogens is 5. The number of rotatable bonds is 2. The van der Waals surface area contributed by atoms with E-state index in [-0.39, 0.29) is 11.4 Å². The Bertz CT molecular complexity index is 1040. The second-order valence-corrected chi connectivity index (χ2v) is 7.31. The minimum atomic E-state index is -4.50. The molecule has 3 rings (SSSR count). The molecule has 0 fully saturated rings. The van der Waals surface area contributed by atoms with E-state index in [2.05, 4.69) is 42.5 Å². The van der Waals surface area contributed by atoms with Crippen molar-refractivity contribution in [3.8, 4) is 5.75 Å². The maximum Gasteiger partial charge on any atom is 0.416 e. The third-order valence-electron chi connectivity index (χ3n) is 3.71. The molecule has 0 aliphatic heterocycles. The molecule has 0 aromatic heterocycles. The van der Waals surface area contributed by atoms with Crippen molar-refractivity contribution in [2.45, 2.75) is 6.18 Å². The van der Waals surface area contributed by atoms with Crippen molar-refractivity contribution in [3.05, 3.63) is 63.0 Å². The minimum absolute atomic E-state index is 0.00251. The summed E-state index contributed by atoms with van der Waals surface area (Å²) in [5.74, 6) is 0.00818. The largest absolute Gasteiger partial charge is 0.508 e. The number of urea groups is 1. The molecule has 0 bridgehead atoms. The summed E-state index contributed by atoms with van der Waals surface area (Å²) < 4.78 is 39.7. The molecule has 0 saturated carbocycles. The molecule has 0 aliphatic carbocycles. The van der Waals surface area contributed by atoms with Crippen molar-refractivity contribution in [1.29, 1.82) is 0 Å². The van der Waals surface area contributed by atoms with Crippen molar-refractivity contribution >= 4 is 60.0 Å². The zero-order valence-electron chi connectivity index (χ0n) is 13.4. The van der Waals surface area contributed by atoms with Gasteiger partial charge in [0.15, 0.2) is 0 Å². The van der Waals surface area contributed by atoms with Crippen LogP contribution < -0.4 is 10.6 Å². The summed E-state index contributed by atoms with van der Waals surface area (Å²) in [7, 11) is 0. The van der Waals surface area contributed by atoms with E-state index in [0.717, 1.165) is 22.0 Å². The fourth-order valence-corrected chi connectivity index (χ4v) is 3.94. The summed E-state index contributed by atoms with van der Waals surface area (Å²) in [6.45, 7) is 0. The Morgan fingerprint density at radius 3 is 2.37 bits per heavy atom. The number of aromatic hydroxyl groups is 1. The smallest absolute Gasteiger partial charge is 0.416 e. The summed E-state index contributed by atoms with van der Waals surface area (Å²) in [5, 5.41) is 16.0. The van der Waals surface area contributed by atoms with E-state index in [1.54, 1.807) is 12.1 Å². The molecule has 4 nitrogen and oxygen atoms in total. The van der Waals surface area contributed by atoms with Crippen molar-refractivity contribution < 1.29 is 23.1 Å². The molecule has 3 aromatic carbocycles. The first kappa shape index (κ1) is 19.5. The van der Waals surface area contributed by atoms with Gasteiger partial charge >= 0.3 is 12.2 Å². The molecule has 0 radical (unpaired) electrons. The van der Waals surface area contributed by atoms with E-state index in [0.29, 0.717) is 15.5 Å². The van der Waals surface area contributed by atoms with Crippen LogP contribution in [0.1, 0.15) is 5.56 Å². The summed E-state index contributed by atoms with van der Waals surface area (Å²) in [4.78, 5) is 12.3. The molecule has 3 aromatic rings. The van der Waals surface area contributed by atoms with Gasteiger partial charge in [-0.25, -0.2) is 4.79 Å². The summed E-state index contributed by atoms with van der Waals surface area (Å²) in [5.41, 5.74) is -0.489. The third-order valence-corrected chi connectivity index (χ3v) is 4.99. The number of hydrogen-bond acceptors (Lipinski definition) is 2. The number of fused-ring (bicyclic) bond motifs is 1. The first-order valence-corrected chi connectivity index (χ1v) is 9.10. The predicted molar refractivity (Wildman–Crippen MR) is 105 cm³/mol. The van der Waals surface area contributed by atoms with E-state index in [4.69, 9.17) is 0 Å². The topological polar surface area (TPSA) is 61.4 Å². The van der Waals surface area contributed by atoms with Crippen LogP contribution in [0.4, 0.5) is 29.3 Å². The van der Waals surface area contributed by atoms with E-state index in [1.165, 1.54) is 24.3 Å². The maximum absolute atomic E-state index is 12.8. The van der Waals surface area contributed by atoms with E-state index < -0.39 is 17.8 Å². The average molecular weight is 504 g/mol. The SMILES string of the molecule is O=C(Nc1cccc(C(F)(F)F)c1)Nc1c(Br)cc(Br)c2ccc(O)cc12. The summed E-state index contributed by atoms with van der Waals surface area (Å²) in [6, 6.07) is 10.00. The van der Waals surface area contributed by atoms with Crippen molar-refractivity contribution in [2.75, 3.05) is 10.6 Å². The number of phenols is 1. The molecular weight excluding hydrogens is 493 g/mol. The number of alkyl halides is 3. The van der Waals surface area contributed by atoms with Gasteiger partial charge in [0.2, 0.25) is 0 Å². The summed E-state index contributed by atoms with van der Waals surface area (Å²) >= 11 is 6.75. The highest BCUT2D eigenvalue weighted by Gasteiger charge is 2.30. The van der Waals surface area contributed by atoms with Crippen molar-refractivity contribution in [1.82, 2.24) is 0 Å². The van der Waals surface area contributed by atoms with Crippen LogP contribution in [0.15, 0.2) is 57.5 Å². The molecule has 0 aliphatic rings. The molecule has 0 unspecified atom stereocenters. The van der Waals surface area contributed by atoms with Crippen LogP contribution in [-0.2, 0) is 6.18 Å². The number of carbonyl (C=O) groups is 1. The zero-order valence-corrected chi connectivity index (χ0v) is 16.5. The van der Waals surface area contributed by atoms with Gasteiger partial charge in [0, 0.05) is 20.0 Å². The first-order chi connectivity index (χ1) is 12.6. The molecule has 0 spiro atoms. The lowest BCUT2D eigenvalue weighted by Crippen LogP contribution is -2.20. The van der Waals surface area contributed by atoms with Gasteiger partial charge < -0.3 is 15.7 Å². The Balaban J connectivity index is 1.90. The van der Waals surface area contributed by atoms with E-state index in [9.17, 15) is 23.1 Å². The van der Waals surface area contributed by atoms with Crippen LogP contribution in [0.3, 0.4) is 0 Å². The average Bonchev–Trinajstić information content (AvgIpc) is 2.58. The Labute approximate surface area is 168 Å². The van der Waals surface area contributed by atoms with Gasteiger partial charge in [-0.1, -0.05) is 22.0 Å². The fraction of sp³-hybridized carbons (Fsp3) is 0.0556. The van der Waals surface area contributed by atoms with Crippen LogP contribution in [-0.4, -0.2) is 11.1 Å². The number of anilines is 2. The molecule has 27 heavy (non-hydrogen) atoms. The van der Waals surface area contributed by atoms with Gasteiger partial charge in [-0.3, -0.25) is 0 Å². The number of hydrogen-bond donors (Lipinski definition) is 3. The second-order valence-electron chi connectivity index (χ2n) is 5.60. The van der Waals surface area contributed by atoms with Crippen LogP contribution in [0, 0.1) is 0 Å². The quantitative estimate of drug-likeness (QED) is 0.363. The highest BCUT2D eigenvalue weighted by Crippen LogP contribution is 2.38. The van der Waals surface area contributed by atoms with Crippen LogP contribution in [0.25, 0.3) is 10.8 Å². The Morgan fingerprint density at radius 1 is 0.926 bits per heavy atom. The van der Waals surface area contributed by atoms with Gasteiger partial charge in [0.1, 0.15) is 5.75 Å². The Hall–Kier alpha value is -2.26. The standard InChI is InChI=1S/C18H11Br2F3N2O2/c19-14-8-15(20)16(13-7-11(26)4-5-12(13)14)25-17(27)24-10-3-1-2-9(6-10)18(21,22)23/h1-8,26H,(H2,24,25,27). The molecule has 3 N–H and O–H groups in total. The fourth-order valence-electron chi connectivity index (χ4n) is 2.51. The molecule has 0 heterocycles. The number of benzene rings is 3. The van der Waals surface area contributed by atoms with Crippen molar-refractivity contribution in [3.63, 3.8) is 0 Å². The molecular formula is C18H11Br2F3N2O2. The zero-order chi connectivity index (χ0) is 19.8. The maximum atomic E-state index is 12.8. The van der Waals surface area contributed by atoms with Crippen molar-refractivity contribution in [2.24, 2.45) is 0 Å². The van der Waals surface area contributed by atoms with Gasteiger partial charge in [0.25, 0.3) is 0 Å². The highest BCUT2D eigenvalue weighted by atomic mass is 79.9. The lowest BCUT2D eigenvalue weighted by atomic mass is 10.1. The van der Waals surface area contributed by atoms with Crippen LogP contribution in [0.5, 0.6) is 5.75 Å². The minimum Gasteiger partial charge on any atom is -0.508 e. The first-order valence-electron chi connectivity index (χ1n) is 7.51. The lowest BCUT2D eigenvalue weighted by Gasteiger charge is -2.14. The molecule has 2 amide bonds. The number of carbonyl (C=O) groups excluding carboxylic acids is 1. The monoisotopic (exact) mass is 502 g/mol. The molecule has 0 atom stereocenters. The molecule has 0 saturated heterocycles. The van der Waals surface area contributed by atoms with Gasteiger partial charge in [-0.2, -0.15) is 13.2 Å². The molecule has 9 heteroatoms. The summed E-state index contributed by atoms with van der Waals surface area (Å²) in [6.07, 6.45) is -4.50. The molecule has 140 valence electrons. The van der Waals surface area contributed by atoms with Crippen LogP contribution >= 0.6 is 31.9 Å². The van der Waals surface area contributed by atoms with E-state index in [1.807, 2.05) is 0 Å². The third kappa shape index (κ3) is 4.36. The lowest BCUT2D eigenvalue weighted by molar-refractivity contribution is -0.137. The van der Waals surface area contributed by atoms with Crippen LogP contribution in [0.2, 0.25) is 0 Å². The number of amides is 2. The number of nitrogens with one attached hydrogen (secondary N) is 2. The van der Waals surface area contributed by atoms with E-state index >= 15 is 0 Å². The highest BCUT2D eigenvalue weighted by molar-refractivity contribution is 9.11. The predicted octanol–water partition coefficient (Wildman–Crippen LogP) is 6.73. The van der Waals surface area contributed by atoms with Gasteiger partial charge in [-0.15, -0.1) is 0 Å². The Kier molecular flexibility index (Phi) is 5.34. The number of phenolic OH excluding ortho intramolecular Hbond substituents is 1. The second kappa shape index (κ2) is 7.40. The van der Waals surface area contributed by atoms with Gasteiger partial charge in [-0.05, 0) is 63.8 Å². The van der Waals surface area contributed by atoms with Gasteiger partial charge in [0.05, 0.1) is 11.3 Å². The normalized spacial score (nSPS) is 11.4.